The van der Waals surface area contributed by atoms with Gasteiger partial charge in [-0.25, -0.2) is 9.18 Å². The minimum Gasteiger partial charge on any atom is -0.457 e. The summed E-state index contributed by atoms with van der Waals surface area (Å²) in [6.45, 7) is -0.334. The Morgan fingerprint density at radius 3 is 2.13 bits per heavy atom. The lowest BCUT2D eigenvalue weighted by molar-refractivity contribution is 0.0472. The van der Waals surface area contributed by atoms with Gasteiger partial charge >= 0.3 is 16.2 Å². The average Bonchev–Trinajstić information content (AvgIpc) is 2.44. The highest BCUT2D eigenvalue weighted by Crippen LogP contribution is 3.02. The first-order valence-corrected chi connectivity index (χ1v) is 8.06. The van der Waals surface area contributed by atoms with Crippen molar-refractivity contribution in [2.75, 3.05) is 0 Å². The molecule has 0 atom stereocenters. The van der Waals surface area contributed by atoms with E-state index >= 15 is 0 Å². The molecular weight excluding hydrogens is 346 g/mol. The monoisotopic (exact) mass is 356 g/mol. The molecular formula is C14H10F6O2S. The van der Waals surface area contributed by atoms with Crippen molar-refractivity contribution in [3.63, 3.8) is 0 Å². The Bertz CT molecular complexity index is 740. The van der Waals surface area contributed by atoms with Crippen LogP contribution in [0.1, 0.15) is 15.9 Å². The van der Waals surface area contributed by atoms with Crippen LogP contribution in [0.5, 0.6) is 0 Å². The summed E-state index contributed by atoms with van der Waals surface area (Å²) < 4.78 is 80.9. The Hall–Kier alpha value is -2.16. The van der Waals surface area contributed by atoms with E-state index < -0.39 is 32.5 Å². The molecule has 0 aliphatic carbocycles. The molecule has 0 radical (unpaired) electrons. The quantitative estimate of drug-likeness (QED) is 0.508. The summed E-state index contributed by atoms with van der Waals surface area (Å²) in [4.78, 5) is 9.51. The zero-order valence-corrected chi connectivity index (χ0v) is 12.1. The third-order valence-electron chi connectivity index (χ3n) is 2.80. The van der Waals surface area contributed by atoms with Gasteiger partial charge in [-0.15, -0.1) is 0 Å². The molecule has 0 N–H and O–H groups in total. The third kappa shape index (κ3) is 4.65. The summed E-state index contributed by atoms with van der Waals surface area (Å²) in [7, 11) is -9.86. The lowest BCUT2D eigenvalue weighted by Gasteiger charge is -2.40. The van der Waals surface area contributed by atoms with Crippen LogP contribution in [0.4, 0.5) is 23.8 Å². The molecule has 0 aliphatic heterocycles. The number of carbonyl (C=O) groups is 1. The number of hydrogen-bond donors (Lipinski definition) is 0. The van der Waals surface area contributed by atoms with Gasteiger partial charge in [-0.2, -0.15) is 0 Å². The van der Waals surface area contributed by atoms with Crippen molar-refractivity contribution in [2.45, 2.75) is 11.5 Å². The number of hydrogen-bond acceptors (Lipinski definition) is 2. The Balaban J connectivity index is 2.16. The molecule has 2 aromatic carbocycles. The standard InChI is InChI=1S/C14H10F6O2S/c15-12-6-4-10(5-7-12)9-22-14(21)11-2-1-3-13(8-11)23(16,17,18,19)20/h1-8H,9H2. The third-order valence-corrected chi connectivity index (χ3v) is 3.94. The first-order chi connectivity index (χ1) is 10.3. The smallest absolute Gasteiger partial charge is 0.338 e. The van der Waals surface area contributed by atoms with Crippen molar-refractivity contribution in [3.8, 4) is 0 Å². The molecule has 23 heavy (non-hydrogen) atoms. The molecule has 2 aromatic rings. The fraction of sp³-hybridized carbons (Fsp3) is 0.0714. The molecule has 0 fully saturated rings. The van der Waals surface area contributed by atoms with Crippen molar-refractivity contribution < 1.29 is 33.4 Å². The second-order valence-corrected chi connectivity index (χ2v) is 7.11. The van der Waals surface area contributed by atoms with Crippen molar-refractivity contribution in [1.29, 1.82) is 0 Å². The molecule has 0 saturated heterocycles. The van der Waals surface area contributed by atoms with Crippen LogP contribution in [-0.2, 0) is 11.3 Å². The average molecular weight is 356 g/mol. The van der Waals surface area contributed by atoms with Crippen LogP contribution in [-0.4, -0.2) is 5.97 Å². The molecule has 0 amide bonds. The molecule has 2 rings (SSSR count). The van der Waals surface area contributed by atoms with Gasteiger partial charge in [0.1, 0.15) is 17.3 Å². The number of benzene rings is 2. The van der Waals surface area contributed by atoms with E-state index in [1.54, 1.807) is 0 Å². The summed E-state index contributed by atoms with van der Waals surface area (Å²) in [6, 6.07) is 6.71. The van der Waals surface area contributed by atoms with E-state index in [1.165, 1.54) is 12.1 Å². The van der Waals surface area contributed by atoms with Crippen LogP contribution in [0.3, 0.4) is 0 Å². The molecule has 0 aromatic heterocycles. The first kappa shape index (κ1) is 17.2. The van der Waals surface area contributed by atoms with Crippen LogP contribution in [0, 0.1) is 5.82 Å². The molecule has 0 aliphatic rings. The normalized spacial score (nSPS) is 14.7. The highest BCUT2D eigenvalue weighted by Gasteiger charge is 2.65. The number of rotatable bonds is 4. The van der Waals surface area contributed by atoms with Crippen LogP contribution in [0.2, 0.25) is 0 Å². The van der Waals surface area contributed by atoms with E-state index in [2.05, 4.69) is 0 Å². The summed E-state index contributed by atoms with van der Waals surface area (Å²) in [5, 5.41) is 0. The molecule has 2 nitrogen and oxygen atoms in total. The molecule has 0 spiro atoms. The van der Waals surface area contributed by atoms with Crippen molar-refractivity contribution in [3.05, 3.63) is 65.5 Å². The van der Waals surface area contributed by atoms with Gasteiger partial charge in [-0.1, -0.05) is 37.6 Å². The second kappa shape index (κ2) is 4.92. The van der Waals surface area contributed by atoms with Gasteiger partial charge in [0.25, 0.3) is 0 Å². The van der Waals surface area contributed by atoms with Gasteiger partial charge < -0.3 is 4.74 Å². The number of halogens is 6. The number of ether oxygens (including phenoxy) is 1. The van der Waals surface area contributed by atoms with E-state index in [4.69, 9.17) is 4.74 Å². The van der Waals surface area contributed by atoms with Crippen molar-refractivity contribution >= 4 is 16.2 Å². The lowest BCUT2D eigenvalue weighted by Crippen LogP contribution is -2.10. The maximum absolute atomic E-state index is 12.7. The van der Waals surface area contributed by atoms with Gasteiger partial charge in [0, 0.05) is 0 Å². The predicted octanol–water partition coefficient (Wildman–Crippen LogP) is 5.84. The summed E-state index contributed by atoms with van der Waals surface area (Å²) in [5.41, 5.74) is -0.263. The van der Waals surface area contributed by atoms with Crippen LogP contribution < -0.4 is 0 Å². The van der Waals surface area contributed by atoms with Gasteiger partial charge in [0.05, 0.1) is 5.56 Å². The fourth-order valence-corrected chi connectivity index (χ4v) is 2.36. The molecule has 0 saturated carbocycles. The summed E-state index contributed by atoms with van der Waals surface area (Å²) >= 11 is 0. The number of esters is 1. The fourth-order valence-electron chi connectivity index (χ4n) is 1.68. The molecule has 126 valence electrons. The van der Waals surface area contributed by atoms with Crippen LogP contribution in [0.25, 0.3) is 0 Å². The largest absolute Gasteiger partial charge is 0.457 e. The Kier molecular flexibility index (Phi) is 3.68. The Labute approximate surface area is 127 Å². The maximum Gasteiger partial charge on any atom is 0.338 e. The summed E-state index contributed by atoms with van der Waals surface area (Å²) in [5.74, 6) is -1.71. The van der Waals surface area contributed by atoms with E-state index in [9.17, 15) is 28.6 Å². The minimum atomic E-state index is -9.86. The maximum atomic E-state index is 12.7. The molecule has 0 bridgehead atoms. The molecule has 0 unspecified atom stereocenters. The lowest BCUT2D eigenvalue weighted by atomic mass is 10.2. The Morgan fingerprint density at radius 2 is 1.57 bits per heavy atom. The number of carbonyl (C=O) groups excluding carboxylic acids is 1. The van der Waals surface area contributed by atoms with Crippen molar-refractivity contribution in [1.82, 2.24) is 0 Å². The van der Waals surface area contributed by atoms with E-state index in [0.29, 0.717) is 11.6 Å². The highest BCUT2D eigenvalue weighted by atomic mass is 32.5. The topological polar surface area (TPSA) is 26.3 Å². The molecule has 0 heterocycles. The van der Waals surface area contributed by atoms with Crippen LogP contribution >= 0.6 is 10.2 Å². The highest BCUT2D eigenvalue weighted by molar-refractivity contribution is 8.45. The van der Waals surface area contributed by atoms with Crippen LogP contribution in [0.15, 0.2) is 53.4 Å². The first-order valence-electron chi connectivity index (χ1n) is 6.11. The second-order valence-electron chi connectivity index (χ2n) is 4.70. The van der Waals surface area contributed by atoms with Gasteiger partial charge in [-0.3, -0.25) is 0 Å². The van der Waals surface area contributed by atoms with E-state index in [1.807, 2.05) is 0 Å². The Morgan fingerprint density at radius 1 is 0.957 bits per heavy atom. The van der Waals surface area contributed by atoms with E-state index in [-0.39, 0.29) is 18.7 Å². The van der Waals surface area contributed by atoms with Gasteiger partial charge in [0.15, 0.2) is 0 Å². The van der Waals surface area contributed by atoms with Gasteiger partial charge in [-0.05, 0) is 35.9 Å². The van der Waals surface area contributed by atoms with E-state index in [0.717, 1.165) is 18.2 Å². The summed E-state index contributed by atoms with van der Waals surface area (Å²) in [6.07, 6.45) is 0. The zero-order chi connectivity index (χ0) is 17.4. The zero-order valence-electron chi connectivity index (χ0n) is 11.3. The molecule has 9 heteroatoms. The van der Waals surface area contributed by atoms with Crippen molar-refractivity contribution in [2.24, 2.45) is 0 Å². The van der Waals surface area contributed by atoms with Gasteiger partial charge in [0.2, 0.25) is 0 Å². The predicted molar refractivity (Wildman–Crippen MR) is 73.4 cm³/mol. The SMILES string of the molecule is O=C(OCc1ccc(F)cc1)c1cccc(S(F)(F)(F)(F)F)c1. The minimum absolute atomic E-state index is 0.0501.